The zero-order valence-corrected chi connectivity index (χ0v) is 8.77. The second kappa shape index (κ2) is 5.26. The van der Waals surface area contributed by atoms with E-state index in [4.69, 9.17) is 5.11 Å². The molecular weight excluding hydrogens is 196 g/mol. The Kier molecular flexibility index (Phi) is 3.99. The molecule has 0 aromatic carbocycles. The van der Waals surface area contributed by atoms with E-state index in [1.54, 1.807) is 19.0 Å². The lowest BCUT2D eigenvalue weighted by Crippen LogP contribution is -2.33. The Balaban J connectivity index is 2.65. The number of anilines is 1. The van der Waals surface area contributed by atoms with Crippen molar-refractivity contribution in [3.8, 4) is 0 Å². The third kappa shape index (κ3) is 3.17. The van der Waals surface area contributed by atoms with Crippen molar-refractivity contribution in [3.63, 3.8) is 0 Å². The smallest absolute Gasteiger partial charge is 0.239 e. The Hall–Kier alpha value is -1.69. The molecule has 6 nitrogen and oxygen atoms in total. The molecule has 0 fully saturated rings. The molecule has 2 N–H and O–H groups in total. The minimum Gasteiger partial charge on any atom is -0.392 e. The van der Waals surface area contributed by atoms with Crippen LogP contribution in [0.25, 0.3) is 0 Å². The van der Waals surface area contributed by atoms with E-state index in [1.165, 1.54) is 12.4 Å². The molecule has 0 saturated carbocycles. The fraction of sp³-hybridized carbons (Fsp3) is 0.444. The van der Waals surface area contributed by atoms with E-state index >= 15 is 0 Å². The highest BCUT2D eigenvalue weighted by atomic mass is 16.3. The minimum absolute atomic E-state index is 0.0839. The van der Waals surface area contributed by atoms with Gasteiger partial charge in [-0.15, -0.1) is 0 Å². The summed E-state index contributed by atoms with van der Waals surface area (Å²) in [5, 5.41) is 11.3. The van der Waals surface area contributed by atoms with Gasteiger partial charge in [-0.25, -0.2) is 9.97 Å². The van der Waals surface area contributed by atoms with Crippen LogP contribution in [-0.2, 0) is 11.4 Å². The predicted octanol–water partition coefficient (Wildman–Crippen LogP) is -0.849. The van der Waals surface area contributed by atoms with Gasteiger partial charge in [0.05, 0.1) is 13.2 Å². The number of aliphatic hydroxyl groups is 1. The van der Waals surface area contributed by atoms with E-state index in [0.717, 1.165) is 0 Å². The number of carbonyl (C=O) groups excluding carboxylic acids is 1. The first-order chi connectivity index (χ1) is 7.17. The van der Waals surface area contributed by atoms with Crippen LogP contribution in [0.5, 0.6) is 0 Å². The van der Waals surface area contributed by atoms with Crippen LogP contribution < -0.4 is 10.2 Å². The normalized spacial score (nSPS) is 9.80. The van der Waals surface area contributed by atoms with Gasteiger partial charge in [-0.2, -0.15) is 0 Å². The van der Waals surface area contributed by atoms with Gasteiger partial charge in [-0.1, -0.05) is 0 Å². The van der Waals surface area contributed by atoms with Crippen LogP contribution in [-0.4, -0.2) is 41.6 Å². The SMILES string of the molecule is CNC(=O)CN(C)c1ncc(CO)cn1. The Bertz CT molecular complexity index is 325. The predicted molar refractivity (Wildman–Crippen MR) is 55.3 cm³/mol. The second-order valence-electron chi connectivity index (χ2n) is 3.08. The minimum atomic E-state index is -0.104. The fourth-order valence-electron chi connectivity index (χ4n) is 0.992. The highest BCUT2D eigenvalue weighted by Crippen LogP contribution is 2.04. The molecule has 0 radical (unpaired) electrons. The summed E-state index contributed by atoms with van der Waals surface area (Å²) < 4.78 is 0. The lowest BCUT2D eigenvalue weighted by molar-refractivity contribution is -0.119. The first-order valence-electron chi connectivity index (χ1n) is 4.51. The summed E-state index contributed by atoms with van der Waals surface area (Å²) in [4.78, 5) is 20.7. The Morgan fingerprint density at radius 3 is 2.60 bits per heavy atom. The first kappa shape index (κ1) is 11.4. The number of amides is 1. The monoisotopic (exact) mass is 210 g/mol. The Morgan fingerprint density at radius 2 is 2.13 bits per heavy atom. The lowest BCUT2D eigenvalue weighted by Gasteiger charge is -2.15. The van der Waals surface area contributed by atoms with Crippen molar-refractivity contribution in [1.29, 1.82) is 0 Å². The largest absolute Gasteiger partial charge is 0.392 e. The quantitative estimate of drug-likeness (QED) is 0.677. The van der Waals surface area contributed by atoms with E-state index in [0.29, 0.717) is 11.5 Å². The second-order valence-corrected chi connectivity index (χ2v) is 3.08. The van der Waals surface area contributed by atoms with Crippen LogP contribution in [0, 0.1) is 0 Å². The molecule has 0 saturated heterocycles. The van der Waals surface area contributed by atoms with Crippen molar-refractivity contribution in [2.24, 2.45) is 0 Å². The molecule has 15 heavy (non-hydrogen) atoms. The van der Waals surface area contributed by atoms with Crippen LogP contribution in [0.3, 0.4) is 0 Å². The number of nitrogens with zero attached hydrogens (tertiary/aromatic N) is 3. The average molecular weight is 210 g/mol. The standard InChI is InChI=1S/C9H14N4O2/c1-10-8(15)5-13(2)9-11-3-7(6-14)4-12-9/h3-4,14H,5-6H2,1-2H3,(H,10,15). The van der Waals surface area contributed by atoms with Crippen molar-refractivity contribution < 1.29 is 9.90 Å². The molecule has 0 atom stereocenters. The summed E-state index contributed by atoms with van der Waals surface area (Å²) in [7, 11) is 3.30. The zero-order chi connectivity index (χ0) is 11.3. The Labute approximate surface area is 88.0 Å². The summed E-state index contributed by atoms with van der Waals surface area (Å²) in [6.07, 6.45) is 3.06. The van der Waals surface area contributed by atoms with Crippen molar-refractivity contribution in [1.82, 2.24) is 15.3 Å². The molecule has 0 spiro atoms. The molecule has 1 aromatic heterocycles. The molecule has 0 aliphatic rings. The van der Waals surface area contributed by atoms with Crippen LogP contribution >= 0.6 is 0 Å². The lowest BCUT2D eigenvalue weighted by atomic mass is 10.4. The van der Waals surface area contributed by atoms with Crippen molar-refractivity contribution >= 4 is 11.9 Å². The van der Waals surface area contributed by atoms with E-state index in [2.05, 4.69) is 15.3 Å². The molecular formula is C9H14N4O2. The van der Waals surface area contributed by atoms with Gasteiger partial charge in [-0.05, 0) is 0 Å². The molecule has 0 aliphatic carbocycles. The maximum Gasteiger partial charge on any atom is 0.239 e. The highest BCUT2D eigenvalue weighted by molar-refractivity contribution is 5.80. The molecule has 1 heterocycles. The Morgan fingerprint density at radius 1 is 1.53 bits per heavy atom. The summed E-state index contributed by atoms with van der Waals surface area (Å²) in [6, 6.07) is 0. The number of likely N-dealkylation sites (N-methyl/N-ethyl adjacent to an activating group) is 2. The maximum atomic E-state index is 11.1. The number of nitrogens with one attached hydrogen (secondary N) is 1. The van der Waals surface area contributed by atoms with E-state index in [9.17, 15) is 4.79 Å². The van der Waals surface area contributed by atoms with E-state index in [-0.39, 0.29) is 19.1 Å². The number of aromatic nitrogens is 2. The topological polar surface area (TPSA) is 78.4 Å². The van der Waals surface area contributed by atoms with Gasteiger partial charge in [-0.3, -0.25) is 4.79 Å². The van der Waals surface area contributed by atoms with Crippen LogP contribution in [0.1, 0.15) is 5.56 Å². The zero-order valence-electron chi connectivity index (χ0n) is 8.77. The molecule has 0 aliphatic heterocycles. The van der Waals surface area contributed by atoms with Gasteiger partial charge in [0.25, 0.3) is 0 Å². The number of rotatable bonds is 4. The van der Waals surface area contributed by atoms with E-state index in [1.807, 2.05) is 0 Å². The van der Waals surface area contributed by atoms with Gasteiger partial charge < -0.3 is 15.3 Å². The molecule has 1 amide bonds. The number of carbonyl (C=O) groups is 1. The van der Waals surface area contributed by atoms with Crippen LogP contribution in [0.15, 0.2) is 12.4 Å². The third-order valence-electron chi connectivity index (χ3n) is 1.88. The first-order valence-corrected chi connectivity index (χ1v) is 4.51. The van der Waals surface area contributed by atoms with Crippen molar-refractivity contribution in [2.45, 2.75) is 6.61 Å². The summed E-state index contributed by atoms with van der Waals surface area (Å²) in [5.41, 5.74) is 0.645. The summed E-state index contributed by atoms with van der Waals surface area (Å²) in [6.45, 7) is 0.119. The van der Waals surface area contributed by atoms with Gasteiger partial charge in [0, 0.05) is 32.1 Å². The third-order valence-corrected chi connectivity index (χ3v) is 1.88. The summed E-state index contributed by atoms with van der Waals surface area (Å²) >= 11 is 0. The van der Waals surface area contributed by atoms with Gasteiger partial charge in [0.15, 0.2) is 0 Å². The summed E-state index contributed by atoms with van der Waals surface area (Å²) in [5.74, 6) is 0.350. The highest BCUT2D eigenvalue weighted by Gasteiger charge is 2.07. The maximum absolute atomic E-state index is 11.1. The van der Waals surface area contributed by atoms with Crippen LogP contribution in [0.4, 0.5) is 5.95 Å². The molecule has 1 rings (SSSR count). The molecule has 0 bridgehead atoms. The number of hydrogen-bond acceptors (Lipinski definition) is 5. The average Bonchev–Trinajstić information content (AvgIpc) is 2.29. The van der Waals surface area contributed by atoms with E-state index < -0.39 is 0 Å². The molecule has 0 unspecified atom stereocenters. The molecule has 1 aromatic rings. The van der Waals surface area contributed by atoms with Gasteiger partial charge in [0.2, 0.25) is 11.9 Å². The number of hydrogen-bond donors (Lipinski definition) is 2. The fourth-order valence-corrected chi connectivity index (χ4v) is 0.992. The molecule has 6 heteroatoms. The van der Waals surface area contributed by atoms with Crippen molar-refractivity contribution in [2.75, 3.05) is 25.5 Å². The molecule has 82 valence electrons. The van der Waals surface area contributed by atoms with Gasteiger partial charge >= 0.3 is 0 Å². The van der Waals surface area contributed by atoms with Crippen molar-refractivity contribution in [3.05, 3.63) is 18.0 Å². The van der Waals surface area contributed by atoms with Crippen LogP contribution in [0.2, 0.25) is 0 Å². The van der Waals surface area contributed by atoms with Gasteiger partial charge in [0.1, 0.15) is 0 Å². The number of aliphatic hydroxyl groups excluding tert-OH is 1.